The summed E-state index contributed by atoms with van der Waals surface area (Å²) in [5.41, 5.74) is -1.20. The first-order chi connectivity index (χ1) is 15.7. The SMILES string of the molecule is COc1ccc(CCn2c(O)c(C#N)c(C)c(N=Nc3cccc(C(F)(F)F)c3)c2=O)cc1. The van der Waals surface area contributed by atoms with E-state index < -0.39 is 23.2 Å². The highest BCUT2D eigenvalue weighted by Crippen LogP contribution is 2.32. The molecule has 7 nitrogen and oxygen atoms in total. The van der Waals surface area contributed by atoms with Gasteiger partial charge in [-0.2, -0.15) is 23.5 Å². The van der Waals surface area contributed by atoms with Gasteiger partial charge in [-0.05, 0) is 49.2 Å². The van der Waals surface area contributed by atoms with Crippen LogP contribution in [-0.4, -0.2) is 16.8 Å². The van der Waals surface area contributed by atoms with Crippen LogP contribution in [0.25, 0.3) is 0 Å². The molecule has 0 bridgehead atoms. The van der Waals surface area contributed by atoms with E-state index in [1.807, 2.05) is 6.07 Å². The number of halogens is 3. The van der Waals surface area contributed by atoms with Crippen molar-refractivity contribution in [3.63, 3.8) is 0 Å². The number of aryl methyl sites for hydroxylation is 1. The Morgan fingerprint density at radius 1 is 1.15 bits per heavy atom. The van der Waals surface area contributed by atoms with Crippen LogP contribution in [0.5, 0.6) is 11.6 Å². The van der Waals surface area contributed by atoms with Gasteiger partial charge in [-0.15, -0.1) is 5.11 Å². The summed E-state index contributed by atoms with van der Waals surface area (Å²) in [4.78, 5) is 13.0. The maximum atomic E-state index is 13.0. The molecule has 10 heteroatoms. The third kappa shape index (κ3) is 5.20. The summed E-state index contributed by atoms with van der Waals surface area (Å²) in [7, 11) is 1.54. The minimum atomic E-state index is -4.55. The first-order valence-electron chi connectivity index (χ1n) is 9.74. The highest BCUT2D eigenvalue weighted by Gasteiger charge is 2.30. The third-order valence-corrected chi connectivity index (χ3v) is 4.99. The van der Waals surface area contributed by atoms with Crippen molar-refractivity contribution in [1.29, 1.82) is 5.26 Å². The van der Waals surface area contributed by atoms with Crippen molar-refractivity contribution in [2.24, 2.45) is 10.2 Å². The minimum absolute atomic E-state index is 0.0397. The van der Waals surface area contributed by atoms with Gasteiger partial charge in [0.2, 0.25) is 5.88 Å². The van der Waals surface area contributed by atoms with Crippen LogP contribution >= 0.6 is 0 Å². The Bertz CT molecular complexity index is 1290. The molecule has 33 heavy (non-hydrogen) atoms. The fraction of sp³-hybridized carbons (Fsp3) is 0.217. The molecular weight excluding hydrogens is 437 g/mol. The molecule has 0 unspecified atom stereocenters. The van der Waals surface area contributed by atoms with E-state index in [2.05, 4.69) is 10.2 Å². The van der Waals surface area contributed by atoms with E-state index >= 15 is 0 Å². The van der Waals surface area contributed by atoms with Crippen LogP contribution in [0.3, 0.4) is 0 Å². The molecule has 0 aliphatic carbocycles. The molecule has 3 aromatic rings. The van der Waals surface area contributed by atoms with E-state index in [1.165, 1.54) is 26.2 Å². The van der Waals surface area contributed by atoms with Crippen molar-refractivity contribution in [2.75, 3.05) is 7.11 Å². The monoisotopic (exact) mass is 456 g/mol. The summed E-state index contributed by atoms with van der Waals surface area (Å²) in [6.07, 6.45) is -4.20. The maximum Gasteiger partial charge on any atom is 0.416 e. The Labute approximate surface area is 187 Å². The van der Waals surface area contributed by atoms with Crippen LogP contribution in [0.1, 0.15) is 22.3 Å². The number of alkyl halides is 3. The van der Waals surface area contributed by atoms with Crippen LogP contribution in [0, 0.1) is 18.3 Å². The summed E-state index contributed by atoms with van der Waals surface area (Å²) in [6.45, 7) is 1.45. The zero-order valence-electron chi connectivity index (χ0n) is 17.7. The molecule has 1 aromatic heterocycles. The molecule has 0 radical (unpaired) electrons. The predicted octanol–water partition coefficient (Wildman–Crippen LogP) is 5.42. The van der Waals surface area contributed by atoms with Crippen LogP contribution in [0.15, 0.2) is 63.6 Å². The molecular formula is C23H19F3N4O3. The van der Waals surface area contributed by atoms with Gasteiger partial charge in [-0.3, -0.25) is 9.36 Å². The maximum absolute atomic E-state index is 13.0. The van der Waals surface area contributed by atoms with E-state index in [0.717, 1.165) is 22.3 Å². The molecule has 0 amide bonds. The van der Waals surface area contributed by atoms with Gasteiger partial charge >= 0.3 is 6.18 Å². The van der Waals surface area contributed by atoms with Crippen LogP contribution in [-0.2, 0) is 19.1 Å². The average Bonchev–Trinajstić information content (AvgIpc) is 2.79. The first kappa shape index (κ1) is 23.5. The fourth-order valence-electron chi connectivity index (χ4n) is 3.15. The molecule has 0 aliphatic rings. The lowest BCUT2D eigenvalue weighted by Gasteiger charge is -2.13. The largest absolute Gasteiger partial charge is 0.497 e. The number of nitrogens with zero attached hydrogens (tertiary/aromatic N) is 4. The zero-order valence-corrected chi connectivity index (χ0v) is 17.7. The number of aromatic nitrogens is 1. The van der Waals surface area contributed by atoms with Crippen LogP contribution < -0.4 is 10.3 Å². The van der Waals surface area contributed by atoms with Crippen LogP contribution in [0.4, 0.5) is 24.5 Å². The topological polar surface area (TPSA) is 100.0 Å². The number of methoxy groups -OCH3 is 1. The van der Waals surface area contributed by atoms with Gasteiger partial charge in [0.1, 0.15) is 17.4 Å². The van der Waals surface area contributed by atoms with E-state index in [0.29, 0.717) is 12.2 Å². The van der Waals surface area contributed by atoms with E-state index in [-0.39, 0.29) is 29.0 Å². The summed E-state index contributed by atoms with van der Waals surface area (Å²) < 4.78 is 44.9. The summed E-state index contributed by atoms with van der Waals surface area (Å²) in [5.74, 6) is 0.157. The predicted molar refractivity (Wildman–Crippen MR) is 114 cm³/mol. The number of benzene rings is 2. The van der Waals surface area contributed by atoms with Crippen molar-refractivity contribution < 1.29 is 23.0 Å². The smallest absolute Gasteiger partial charge is 0.416 e. The first-order valence-corrected chi connectivity index (χ1v) is 9.74. The van der Waals surface area contributed by atoms with Gasteiger partial charge in [0, 0.05) is 12.1 Å². The molecule has 1 N–H and O–H groups in total. The Kier molecular flexibility index (Phi) is 6.82. The highest BCUT2D eigenvalue weighted by atomic mass is 19.4. The normalized spacial score (nSPS) is 11.5. The van der Waals surface area contributed by atoms with Gasteiger partial charge in [-0.1, -0.05) is 18.2 Å². The standard InChI is InChI=1S/C23H19F3N4O3/c1-14-19(13-27)21(31)30(11-10-15-6-8-18(33-2)9-7-15)22(32)20(14)29-28-17-5-3-4-16(12-17)23(24,25)26/h3-9,12,31H,10-11H2,1-2H3. The number of azo groups is 1. The van der Waals surface area contributed by atoms with Gasteiger partial charge in [0.05, 0.1) is 18.4 Å². The summed E-state index contributed by atoms with van der Waals surface area (Å²) >= 11 is 0. The van der Waals surface area contributed by atoms with Crippen molar-refractivity contribution in [1.82, 2.24) is 4.57 Å². The van der Waals surface area contributed by atoms with Gasteiger partial charge in [0.25, 0.3) is 5.56 Å². The zero-order chi connectivity index (χ0) is 24.2. The lowest BCUT2D eigenvalue weighted by Crippen LogP contribution is -2.22. The highest BCUT2D eigenvalue weighted by molar-refractivity contribution is 5.57. The molecule has 0 saturated carbocycles. The third-order valence-electron chi connectivity index (χ3n) is 4.99. The summed E-state index contributed by atoms with van der Waals surface area (Å²) in [6, 6.07) is 13.1. The fourth-order valence-corrected chi connectivity index (χ4v) is 3.15. The van der Waals surface area contributed by atoms with Crippen molar-refractivity contribution in [2.45, 2.75) is 26.1 Å². The molecule has 170 valence electrons. The average molecular weight is 456 g/mol. The van der Waals surface area contributed by atoms with Crippen molar-refractivity contribution in [3.05, 3.63) is 81.1 Å². The Hall–Kier alpha value is -4.13. The van der Waals surface area contributed by atoms with E-state index in [1.54, 1.807) is 24.3 Å². The molecule has 0 aliphatic heterocycles. The van der Waals surface area contributed by atoms with Gasteiger partial charge in [0.15, 0.2) is 5.69 Å². The Morgan fingerprint density at radius 2 is 1.85 bits per heavy atom. The molecule has 2 aromatic carbocycles. The minimum Gasteiger partial charge on any atom is -0.497 e. The summed E-state index contributed by atoms with van der Waals surface area (Å²) in [5, 5.41) is 27.5. The molecule has 0 spiro atoms. The number of pyridine rings is 1. The quantitative estimate of drug-likeness (QED) is 0.501. The lowest BCUT2D eigenvalue weighted by molar-refractivity contribution is -0.137. The van der Waals surface area contributed by atoms with Gasteiger partial charge in [-0.25, -0.2) is 0 Å². The Morgan fingerprint density at radius 3 is 2.45 bits per heavy atom. The molecule has 0 atom stereocenters. The van der Waals surface area contributed by atoms with Crippen LogP contribution in [0.2, 0.25) is 0 Å². The van der Waals surface area contributed by atoms with E-state index in [4.69, 9.17) is 4.74 Å². The number of hydrogen-bond donors (Lipinski definition) is 1. The molecule has 1 heterocycles. The number of aromatic hydroxyl groups is 1. The lowest BCUT2D eigenvalue weighted by atomic mass is 10.1. The van der Waals surface area contributed by atoms with E-state index in [9.17, 15) is 28.3 Å². The van der Waals surface area contributed by atoms with Crippen molar-refractivity contribution in [3.8, 4) is 17.7 Å². The van der Waals surface area contributed by atoms with Crippen molar-refractivity contribution >= 4 is 11.4 Å². The second-order valence-corrected chi connectivity index (χ2v) is 7.09. The second-order valence-electron chi connectivity index (χ2n) is 7.09. The molecule has 3 rings (SSSR count). The number of rotatable bonds is 6. The second kappa shape index (κ2) is 9.56. The molecule has 0 fully saturated rings. The van der Waals surface area contributed by atoms with Gasteiger partial charge < -0.3 is 9.84 Å². The number of hydrogen-bond acceptors (Lipinski definition) is 6. The number of ether oxygens (including phenoxy) is 1. The number of nitriles is 1. The molecule has 0 saturated heterocycles. The Balaban J connectivity index is 1.98.